The molecule has 0 aliphatic heterocycles. The van der Waals surface area contributed by atoms with Gasteiger partial charge in [-0.05, 0) is 41.6 Å². The lowest BCUT2D eigenvalue weighted by molar-refractivity contribution is 0.260. The summed E-state index contributed by atoms with van der Waals surface area (Å²) in [7, 11) is 0. The largest absolute Gasteiger partial charge is 0.323 e. The molecule has 0 saturated heterocycles. The number of fused-ring (bicyclic) bond motifs is 1. The third kappa shape index (κ3) is 3.02. The van der Waals surface area contributed by atoms with Gasteiger partial charge < -0.3 is 10.6 Å². The monoisotopic (exact) mass is 268 g/mol. The highest BCUT2D eigenvalue weighted by atomic mass is 15.1. The number of hydrogen-bond acceptors (Lipinski definition) is 2. The minimum absolute atomic E-state index is 0.0970. The first-order valence-electron chi connectivity index (χ1n) is 7.73. The second kappa shape index (κ2) is 5.94. The van der Waals surface area contributed by atoms with Crippen molar-refractivity contribution in [1.29, 1.82) is 0 Å². The van der Waals surface area contributed by atoms with Gasteiger partial charge in [0, 0.05) is 19.1 Å². The Balaban J connectivity index is 1.78. The average molecular weight is 268 g/mol. The normalized spacial score (nSPS) is 16.8. The van der Waals surface area contributed by atoms with Gasteiger partial charge >= 0.3 is 0 Å². The van der Waals surface area contributed by atoms with Crippen molar-refractivity contribution in [1.82, 2.24) is 4.90 Å². The van der Waals surface area contributed by atoms with Crippen LogP contribution in [-0.2, 0) is 0 Å². The molecule has 106 valence electrons. The van der Waals surface area contributed by atoms with Crippen LogP contribution in [0.1, 0.15) is 31.4 Å². The van der Waals surface area contributed by atoms with E-state index in [-0.39, 0.29) is 6.04 Å². The smallest absolute Gasteiger partial charge is 0.0430 e. The van der Waals surface area contributed by atoms with Crippen molar-refractivity contribution in [3.63, 3.8) is 0 Å². The Kier molecular flexibility index (Phi) is 4.04. The molecule has 2 nitrogen and oxygen atoms in total. The van der Waals surface area contributed by atoms with Crippen LogP contribution in [0.3, 0.4) is 0 Å². The Morgan fingerprint density at radius 3 is 2.65 bits per heavy atom. The van der Waals surface area contributed by atoms with Gasteiger partial charge in [-0.25, -0.2) is 0 Å². The quantitative estimate of drug-likeness (QED) is 0.867. The molecule has 2 heteroatoms. The van der Waals surface area contributed by atoms with E-state index in [0.717, 1.165) is 19.0 Å². The van der Waals surface area contributed by atoms with Crippen LogP contribution in [0.5, 0.6) is 0 Å². The Morgan fingerprint density at radius 2 is 1.90 bits per heavy atom. The summed E-state index contributed by atoms with van der Waals surface area (Å²) in [5, 5.41) is 2.58. The molecule has 1 fully saturated rings. The Bertz CT molecular complexity index is 569. The maximum Gasteiger partial charge on any atom is 0.0430 e. The predicted octanol–water partition coefficient (Wildman–Crippen LogP) is 3.57. The summed E-state index contributed by atoms with van der Waals surface area (Å²) in [4.78, 5) is 2.50. The van der Waals surface area contributed by atoms with Crippen LogP contribution in [0.4, 0.5) is 0 Å². The molecule has 0 radical (unpaired) electrons. The molecule has 1 unspecified atom stereocenters. The molecule has 2 aromatic rings. The SMILES string of the molecule is CCN(CC1CC1)CC(N)c1cccc2ccccc12. The molecule has 2 N–H and O–H groups in total. The van der Waals surface area contributed by atoms with Gasteiger partial charge in [0.2, 0.25) is 0 Å². The number of hydrogen-bond donors (Lipinski definition) is 1. The molecule has 0 bridgehead atoms. The fourth-order valence-electron chi connectivity index (χ4n) is 2.95. The highest BCUT2D eigenvalue weighted by molar-refractivity contribution is 5.86. The maximum absolute atomic E-state index is 6.49. The van der Waals surface area contributed by atoms with Crippen molar-refractivity contribution in [2.45, 2.75) is 25.8 Å². The van der Waals surface area contributed by atoms with Gasteiger partial charge in [0.1, 0.15) is 0 Å². The maximum atomic E-state index is 6.49. The van der Waals surface area contributed by atoms with E-state index in [9.17, 15) is 0 Å². The van der Waals surface area contributed by atoms with E-state index in [0.29, 0.717) is 0 Å². The molecule has 1 saturated carbocycles. The summed E-state index contributed by atoms with van der Waals surface area (Å²) >= 11 is 0. The van der Waals surface area contributed by atoms with Gasteiger partial charge in [0.15, 0.2) is 0 Å². The third-order valence-electron chi connectivity index (χ3n) is 4.34. The topological polar surface area (TPSA) is 29.3 Å². The zero-order chi connectivity index (χ0) is 13.9. The highest BCUT2D eigenvalue weighted by Crippen LogP contribution is 2.30. The molecule has 3 rings (SSSR count). The van der Waals surface area contributed by atoms with Gasteiger partial charge in [0.25, 0.3) is 0 Å². The van der Waals surface area contributed by atoms with Crippen LogP contribution in [0.15, 0.2) is 42.5 Å². The fraction of sp³-hybridized carbons (Fsp3) is 0.444. The summed E-state index contributed by atoms with van der Waals surface area (Å²) in [5.74, 6) is 0.926. The van der Waals surface area contributed by atoms with E-state index in [1.807, 2.05) is 0 Å². The number of benzene rings is 2. The van der Waals surface area contributed by atoms with E-state index in [2.05, 4.69) is 54.3 Å². The lowest BCUT2D eigenvalue weighted by atomic mass is 9.99. The van der Waals surface area contributed by atoms with Crippen LogP contribution < -0.4 is 5.73 Å². The van der Waals surface area contributed by atoms with E-state index in [4.69, 9.17) is 5.73 Å². The lowest BCUT2D eigenvalue weighted by Crippen LogP contribution is -2.33. The van der Waals surface area contributed by atoms with Gasteiger partial charge in [-0.3, -0.25) is 0 Å². The van der Waals surface area contributed by atoms with Crippen molar-refractivity contribution >= 4 is 10.8 Å². The minimum atomic E-state index is 0.0970. The van der Waals surface area contributed by atoms with Crippen molar-refractivity contribution in [2.75, 3.05) is 19.6 Å². The van der Waals surface area contributed by atoms with E-state index < -0.39 is 0 Å². The van der Waals surface area contributed by atoms with Crippen molar-refractivity contribution in [3.05, 3.63) is 48.0 Å². The van der Waals surface area contributed by atoms with Gasteiger partial charge in [-0.15, -0.1) is 0 Å². The van der Waals surface area contributed by atoms with Crippen LogP contribution in [0, 0.1) is 5.92 Å². The molecule has 1 aliphatic carbocycles. The predicted molar refractivity (Wildman–Crippen MR) is 85.7 cm³/mol. The summed E-state index contributed by atoms with van der Waals surface area (Å²) in [5.41, 5.74) is 7.77. The first kappa shape index (κ1) is 13.6. The Morgan fingerprint density at radius 1 is 1.15 bits per heavy atom. The number of nitrogens with two attached hydrogens (primary N) is 1. The van der Waals surface area contributed by atoms with E-state index in [1.54, 1.807) is 0 Å². The van der Waals surface area contributed by atoms with Crippen LogP contribution in [-0.4, -0.2) is 24.5 Å². The zero-order valence-corrected chi connectivity index (χ0v) is 12.3. The molecule has 1 aliphatic rings. The first-order chi connectivity index (χ1) is 9.78. The first-order valence-corrected chi connectivity index (χ1v) is 7.73. The summed E-state index contributed by atoms with van der Waals surface area (Å²) < 4.78 is 0. The third-order valence-corrected chi connectivity index (χ3v) is 4.34. The molecular formula is C18H24N2. The zero-order valence-electron chi connectivity index (χ0n) is 12.3. The molecule has 2 aromatic carbocycles. The number of nitrogens with zero attached hydrogens (tertiary/aromatic N) is 1. The Hall–Kier alpha value is -1.38. The standard InChI is InChI=1S/C18H24N2/c1-2-20(12-14-10-11-14)13-18(19)17-9-5-7-15-6-3-4-8-16(15)17/h3-9,14,18H,2,10-13,19H2,1H3. The molecule has 20 heavy (non-hydrogen) atoms. The lowest BCUT2D eigenvalue weighted by Gasteiger charge is -2.25. The van der Waals surface area contributed by atoms with Crippen LogP contribution >= 0.6 is 0 Å². The molecule has 0 amide bonds. The molecule has 0 aromatic heterocycles. The molecule has 0 heterocycles. The van der Waals surface area contributed by atoms with Crippen LogP contribution in [0.2, 0.25) is 0 Å². The summed E-state index contributed by atoms with van der Waals surface area (Å²) in [6.45, 7) is 5.50. The minimum Gasteiger partial charge on any atom is -0.323 e. The number of likely N-dealkylation sites (N-methyl/N-ethyl adjacent to an activating group) is 1. The van der Waals surface area contributed by atoms with Gasteiger partial charge in [0.05, 0.1) is 0 Å². The van der Waals surface area contributed by atoms with Gasteiger partial charge in [-0.2, -0.15) is 0 Å². The van der Waals surface area contributed by atoms with Crippen molar-refractivity contribution < 1.29 is 0 Å². The summed E-state index contributed by atoms with van der Waals surface area (Å²) in [6.07, 6.45) is 2.81. The van der Waals surface area contributed by atoms with E-state index >= 15 is 0 Å². The van der Waals surface area contributed by atoms with Gasteiger partial charge in [-0.1, -0.05) is 49.4 Å². The molecule has 1 atom stereocenters. The highest BCUT2D eigenvalue weighted by Gasteiger charge is 2.24. The molecular weight excluding hydrogens is 244 g/mol. The van der Waals surface area contributed by atoms with Crippen molar-refractivity contribution in [2.24, 2.45) is 11.7 Å². The molecule has 0 spiro atoms. The average Bonchev–Trinajstić information content (AvgIpc) is 3.29. The Labute approximate surface area is 121 Å². The van der Waals surface area contributed by atoms with Crippen molar-refractivity contribution in [3.8, 4) is 0 Å². The summed E-state index contributed by atoms with van der Waals surface area (Å²) in [6, 6.07) is 15.1. The second-order valence-electron chi connectivity index (χ2n) is 5.97. The second-order valence-corrected chi connectivity index (χ2v) is 5.97. The van der Waals surface area contributed by atoms with Crippen LogP contribution in [0.25, 0.3) is 10.8 Å². The fourth-order valence-corrected chi connectivity index (χ4v) is 2.95. The van der Waals surface area contributed by atoms with E-state index in [1.165, 1.54) is 35.7 Å². The number of rotatable bonds is 6.